The first-order chi connectivity index (χ1) is 7.36. The summed E-state index contributed by atoms with van der Waals surface area (Å²) in [5.41, 5.74) is 0. The number of carbonyl (C=O) groups is 1. The maximum atomic E-state index is 11.9. The molecule has 2 nitrogen and oxygen atoms in total. The van der Waals surface area contributed by atoms with Crippen LogP contribution >= 0.6 is 35.0 Å². The van der Waals surface area contributed by atoms with Crippen molar-refractivity contribution in [2.45, 2.75) is 30.4 Å². The van der Waals surface area contributed by atoms with E-state index in [1.165, 1.54) is 0 Å². The van der Waals surface area contributed by atoms with E-state index >= 15 is 0 Å². The molecular weight excluding hydrogens is 267 g/mol. The second-order valence-electron chi connectivity index (χ2n) is 3.66. The molecule has 0 radical (unpaired) electrons. The Kier molecular flexibility index (Phi) is 7.73. The second kappa shape index (κ2) is 7.59. The average Bonchev–Trinajstić information content (AvgIpc) is 2.16. The lowest BCUT2D eigenvalue weighted by atomic mass is 10.1. The van der Waals surface area contributed by atoms with Gasteiger partial charge >= 0.3 is 0 Å². The average molecular weight is 285 g/mol. The Labute approximate surface area is 112 Å². The third-order valence-corrected chi connectivity index (χ3v) is 3.99. The highest BCUT2D eigenvalue weighted by Gasteiger charge is 2.41. The maximum Gasteiger partial charge on any atom is 0.225 e. The molecule has 0 amide bonds. The van der Waals surface area contributed by atoms with Crippen molar-refractivity contribution in [1.29, 1.82) is 0 Å². The fraction of sp³-hybridized carbons (Fsp3) is 0.727. The lowest BCUT2D eigenvalue weighted by Crippen LogP contribution is -2.35. The van der Waals surface area contributed by atoms with Crippen molar-refractivity contribution in [1.82, 2.24) is 0 Å². The fourth-order valence-corrected chi connectivity index (χ4v) is 2.41. The molecule has 0 heterocycles. The SMILES string of the molecule is C/C=C/[C@H](COC)C(Cl)(Cl)C(=O)SC(C)C. The summed E-state index contributed by atoms with van der Waals surface area (Å²) in [5.74, 6) is -0.329. The van der Waals surface area contributed by atoms with Crippen molar-refractivity contribution in [3.05, 3.63) is 12.2 Å². The number of rotatable bonds is 6. The van der Waals surface area contributed by atoms with Gasteiger partial charge in [-0.05, 0) is 6.92 Å². The van der Waals surface area contributed by atoms with E-state index in [-0.39, 0.29) is 16.3 Å². The molecule has 5 heteroatoms. The largest absolute Gasteiger partial charge is 0.384 e. The van der Waals surface area contributed by atoms with Crippen LogP contribution in [0.5, 0.6) is 0 Å². The molecule has 0 fully saturated rings. The summed E-state index contributed by atoms with van der Waals surface area (Å²) in [7, 11) is 1.56. The Morgan fingerprint density at radius 2 is 2.06 bits per heavy atom. The van der Waals surface area contributed by atoms with E-state index in [9.17, 15) is 4.79 Å². The number of halogens is 2. The van der Waals surface area contributed by atoms with Gasteiger partial charge in [-0.25, -0.2) is 0 Å². The zero-order chi connectivity index (χ0) is 12.8. The van der Waals surface area contributed by atoms with Gasteiger partial charge in [-0.1, -0.05) is 61.0 Å². The Balaban J connectivity index is 4.75. The number of allylic oxidation sites excluding steroid dienone is 1. The van der Waals surface area contributed by atoms with Crippen molar-refractivity contribution >= 4 is 40.1 Å². The van der Waals surface area contributed by atoms with Crippen LogP contribution in [0.3, 0.4) is 0 Å². The number of hydrogen-bond acceptors (Lipinski definition) is 3. The van der Waals surface area contributed by atoms with Crippen molar-refractivity contribution in [2.75, 3.05) is 13.7 Å². The number of ether oxygens (including phenoxy) is 1. The van der Waals surface area contributed by atoms with Crippen molar-refractivity contribution in [3.63, 3.8) is 0 Å². The smallest absolute Gasteiger partial charge is 0.225 e. The van der Waals surface area contributed by atoms with Gasteiger partial charge in [-0.3, -0.25) is 4.79 Å². The first-order valence-corrected chi connectivity index (χ1v) is 6.70. The highest BCUT2D eigenvalue weighted by atomic mass is 35.5. The van der Waals surface area contributed by atoms with E-state index in [2.05, 4.69) is 0 Å². The van der Waals surface area contributed by atoms with Crippen LogP contribution in [0.15, 0.2) is 12.2 Å². The van der Waals surface area contributed by atoms with Gasteiger partial charge in [0.25, 0.3) is 0 Å². The Hall–Kier alpha value is 0.300. The Morgan fingerprint density at radius 3 is 2.44 bits per heavy atom. The van der Waals surface area contributed by atoms with Crippen LogP contribution in [0.4, 0.5) is 0 Å². The third kappa shape index (κ3) is 5.09. The molecule has 0 aliphatic carbocycles. The molecule has 0 aliphatic rings. The van der Waals surface area contributed by atoms with Gasteiger partial charge in [0, 0.05) is 18.3 Å². The highest BCUT2D eigenvalue weighted by Crippen LogP contribution is 2.37. The second-order valence-corrected chi connectivity index (χ2v) is 6.60. The lowest BCUT2D eigenvalue weighted by molar-refractivity contribution is -0.112. The summed E-state index contributed by atoms with van der Waals surface area (Å²) in [6, 6.07) is 0. The molecule has 0 saturated heterocycles. The summed E-state index contributed by atoms with van der Waals surface area (Å²) in [4.78, 5) is 11.9. The quantitative estimate of drug-likeness (QED) is 0.550. The molecule has 0 aromatic rings. The van der Waals surface area contributed by atoms with Crippen LogP contribution < -0.4 is 0 Å². The monoisotopic (exact) mass is 284 g/mol. The van der Waals surface area contributed by atoms with Gasteiger partial charge in [0.1, 0.15) is 0 Å². The van der Waals surface area contributed by atoms with Crippen LogP contribution in [-0.2, 0) is 9.53 Å². The van der Waals surface area contributed by atoms with E-state index in [1.807, 2.05) is 26.8 Å². The van der Waals surface area contributed by atoms with E-state index < -0.39 is 4.33 Å². The summed E-state index contributed by atoms with van der Waals surface area (Å²) in [6.07, 6.45) is 3.61. The van der Waals surface area contributed by atoms with Gasteiger partial charge in [-0.15, -0.1) is 0 Å². The number of thioether (sulfide) groups is 1. The molecule has 0 saturated carbocycles. The molecule has 0 aromatic carbocycles. The van der Waals surface area contributed by atoms with Gasteiger partial charge in [-0.2, -0.15) is 0 Å². The molecule has 0 aromatic heterocycles. The number of carbonyl (C=O) groups excluding carboxylic acids is 1. The van der Waals surface area contributed by atoms with Gasteiger partial charge in [0.05, 0.1) is 6.61 Å². The standard InChI is InChI=1S/C11H18Cl2O2S/c1-5-6-9(7-15-4)11(12,13)10(14)16-8(2)3/h5-6,8-9H,7H2,1-4H3/b6-5+/t9-/m1/s1. The van der Waals surface area contributed by atoms with Crippen LogP contribution in [0.25, 0.3) is 0 Å². The fourth-order valence-electron chi connectivity index (χ4n) is 1.14. The zero-order valence-electron chi connectivity index (χ0n) is 10.00. The molecule has 94 valence electrons. The van der Waals surface area contributed by atoms with E-state index in [0.717, 1.165) is 11.8 Å². The van der Waals surface area contributed by atoms with E-state index in [4.69, 9.17) is 27.9 Å². The van der Waals surface area contributed by atoms with Crippen LogP contribution in [0, 0.1) is 5.92 Å². The summed E-state index contributed by atoms with van der Waals surface area (Å²) in [5, 5.41) is -0.0656. The molecule has 0 unspecified atom stereocenters. The highest BCUT2D eigenvalue weighted by molar-refractivity contribution is 8.14. The molecule has 0 N–H and O–H groups in total. The van der Waals surface area contributed by atoms with Crippen molar-refractivity contribution in [3.8, 4) is 0 Å². The predicted molar refractivity (Wildman–Crippen MR) is 72.4 cm³/mol. The molecule has 1 atom stereocenters. The van der Waals surface area contributed by atoms with Gasteiger partial charge in [0.2, 0.25) is 5.12 Å². The van der Waals surface area contributed by atoms with Gasteiger partial charge in [0.15, 0.2) is 4.33 Å². The minimum atomic E-state index is -1.43. The molecular formula is C11H18Cl2O2S. The lowest BCUT2D eigenvalue weighted by Gasteiger charge is -2.25. The van der Waals surface area contributed by atoms with Crippen molar-refractivity contribution in [2.24, 2.45) is 5.92 Å². The molecule has 0 spiro atoms. The molecule has 16 heavy (non-hydrogen) atoms. The minimum Gasteiger partial charge on any atom is -0.384 e. The van der Waals surface area contributed by atoms with Crippen LogP contribution in [0.2, 0.25) is 0 Å². The Bertz CT molecular complexity index is 252. The van der Waals surface area contributed by atoms with Gasteiger partial charge < -0.3 is 4.74 Å². The van der Waals surface area contributed by atoms with Crippen molar-refractivity contribution < 1.29 is 9.53 Å². The van der Waals surface area contributed by atoms with Crippen LogP contribution in [0.1, 0.15) is 20.8 Å². The summed E-state index contributed by atoms with van der Waals surface area (Å²) >= 11 is 13.4. The number of methoxy groups -OCH3 is 1. The normalized spacial score (nSPS) is 14.7. The maximum absolute atomic E-state index is 11.9. The summed E-state index contributed by atoms with van der Waals surface area (Å²) in [6.45, 7) is 6.02. The molecule has 0 aliphatic heterocycles. The Morgan fingerprint density at radius 1 is 1.50 bits per heavy atom. The number of alkyl halides is 2. The third-order valence-electron chi connectivity index (χ3n) is 1.85. The van der Waals surface area contributed by atoms with Crippen LogP contribution in [-0.4, -0.2) is 28.4 Å². The minimum absolute atomic E-state index is 0.165. The first kappa shape index (κ1) is 16.3. The zero-order valence-corrected chi connectivity index (χ0v) is 12.3. The van der Waals surface area contributed by atoms with E-state index in [1.54, 1.807) is 13.2 Å². The summed E-state index contributed by atoms with van der Waals surface area (Å²) < 4.78 is 3.58. The first-order valence-electron chi connectivity index (χ1n) is 5.06. The predicted octanol–water partition coefficient (Wildman–Crippen LogP) is 3.67. The topological polar surface area (TPSA) is 26.3 Å². The molecule has 0 rings (SSSR count). The molecule has 0 bridgehead atoms. The van der Waals surface area contributed by atoms with E-state index in [0.29, 0.717) is 6.61 Å². The number of hydrogen-bond donors (Lipinski definition) is 0.